The van der Waals surface area contributed by atoms with Gasteiger partial charge in [-0.25, -0.2) is 29.9 Å². The van der Waals surface area contributed by atoms with E-state index in [4.69, 9.17) is 29.9 Å². The molecular formula is C32H18N8Tm. The molecule has 41 heavy (non-hydrogen) atoms. The molecule has 2 N–H and O–H groups in total. The maximum absolute atomic E-state index is 5.02. The molecule has 4 aromatic carbocycles. The standard InChI is InChI=1S/C32H18N8.Tm/c1-2-10-18-17(9-1)25-33-26(18)38-28-21-13-5-6-14-22(21)30(35-28)40-32-24-16-8-7-15-23(24)31(36-32)39-29-20-12-4-3-11-19(20)27(34-29)37-25;/h1-16H,(H2,33,34,35,36,37,38,39,40);. The average molecular weight is 683 g/mol. The molecule has 9 rings (SSSR count). The molecule has 3 aromatic heterocycles. The van der Waals surface area contributed by atoms with Crippen LogP contribution in [0.2, 0.25) is 0 Å². The van der Waals surface area contributed by atoms with Crippen molar-refractivity contribution in [2.24, 2.45) is 0 Å². The normalized spacial score (nSPS) is 11.7. The second-order valence-corrected chi connectivity index (χ2v) is 9.79. The van der Waals surface area contributed by atoms with E-state index >= 15 is 0 Å². The van der Waals surface area contributed by atoms with Crippen molar-refractivity contribution < 1.29 is 36.9 Å². The van der Waals surface area contributed by atoms with Crippen LogP contribution in [-0.2, 0) is 0 Å². The van der Waals surface area contributed by atoms with Crippen molar-refractivity contribution in [2.45, 2.75) is 0 Å². The third-order valence-corrected chi connectivity index (χ3v) is 7.46. The number of hydrogen-bond donors (Lipinski definition) is 2. The Labute approximate surface area is 261 Å². The van der Waals surface area contributed by atoms with Gasteiger partial charge in [0, 0.05) is 80.7 Å². The van der Waals surface area contributed by atoms with Gasteiger partial charge in [0.2, 0.25) is 0 Å². The first kappa shape index (κ1) is 24.3. The SMILES string of the molecule is [Tm].c1ccc2c(c1)-c1nc-2nc2[nH]c(nc3nc(nc4[nH]c(n1)c1ccccc41)-c1ccccc1-3)c1ccccc21. The third kappa shape index (κ3) is 3.71. The van der Waals surface area contributed by atoms with Gasteiger partial charge in [-0.3, -0.25) is 0 Å². The molecule has 0 amide bonds. The van der Waals surface area contributed by atoms with Gasteiger partial charge in [-0.1, -0.05) is 97.1 Å². The Morgan fingerprint density at radius 3 is 0.829 bits per heavy atom. The number of hydrogen-bond acceptors (Lipinski definition) is 6. The number of aromatic nitrogens is 8. The molecule has 0 atom stereocenters. The fourth-order valence-corrected chi connectivity index (χ4v) is 5.59. The summed E-state index contributed by atoms with van der Waals surface area (Å²) in [6.07, 6.45) is 0. The van der Waals surface area contributed by atoms with Gasteiger partial charge >= 0.3 is 0 Å². The third-order valence-electron chi connectivity index (χ3n) is 7.46. The summed E-state index contributed by atoms with van der Waals surface area (Å²) >= 11 is 0. The smallest absolute Gasteiger partial charge is 0.164 e. The van der Waals surface area contributed by atoms with Gasteiger partial charge < -0.3 is 9.97 Å². The summed E-state index contributed by atoms with van der Waals surface area (Å²) in [5, 5.41) is 3.82. The fourth-order valence-electron chi connectivity index (χ4n) is 5.59. The van der Waals surface area contributed by atoms with Gasteiger partial charge in [0.25, 0.3) is 0 Å². The van der Waals surface area contributed by atoms with Gasteiger partial charge in [-0.2, -0.15) is 0 Å². The summed E-state index contributed by atoms with van der Waals surface area (Å²) in [7, 11) is 0. The maximum atomic E-state index is 5.02. The Morgan fingerprint density at radius 1 is 0.317 bits per heavy atom. The number of H-pyrrole nitrogens is 2. The number of nitrogens with zero attached hydrogens (tertiary/aromatic N) is 6. The number of nitrogens with one attached hydrogen (secondary N) is 2. The predicted molar refractivity (Wildman–Crippen MR) is 156 cm³/mol. The van der Waals surface area contributed by atoms with Gasteiger partial charge in [-0.05, 0) is 0 Å². The van der Waals surface area contributed by atoms with Crippen molar-refractivity contribution in [1.29, 1.82) is 0 Å². The monoisotopic (exact) mass is 683 g/mol. The van der Waals surface area contributed by atoms with Gasteiger partial charge in [-0.15, -0.1) is 0 Å². The average Bonchev–Trinajstić information content (AvgIpc) is 3.73. The van der Waals surface area contributed by atoms with Crippen LogP contribution < -0.4 is 0 Å². The molecule has 8 bridgehead atoms. The number of benzene rings is 4. The van der Waals surface area contributed by atoms with E-state index in [0.29, 0.717) is 45.9 Å². The Kier molecular flexibility index (Phi) is 5.48. The van der Waals surface area contributed by atoms with Crippen LogP contribution in [0.1, 0.15) is 0 Å². The summed E-state index contributed by atoms with van der Waals surface area (Å²) in [6, 6.07) is 32.2. The van der Waals surface area contributed by atoms with Crippen LogP contribution >= 0.6 is 0 Å². The van der Waals surface area contributed by atoms with Crippen LogP contribution in [0.5, 0.6) is 0 Å². The van der Waals surface area contributed by atoms with E-state index < -0.39 is 0 Å². The largest absolute Gasteiger partial charge is 0.324 e. The predicted octanol–water partition coefficient (Wildman–Crippen LogP) is 6.87. The summed E-state index contributed by atoms with van der Waals surface area (Å²) in [5.41, 5.74) is 6.45. The molecule has 199 valence electrons. The number of aromatic amines is 2. The van der Waals surface area contributed by atoms with Crippen LogP contribution in [0.25, 0.3) is 89.7 Å². The van der Waals surface area contributed by atoms with Gasteiger partial charge in [0.1, 0.15) is 22.6 Å². The van der Waals surface area contributed by atoms with Gasteiger partial charge in [0.15, 0.2) is 23.3 Å². The maximum Gasteiger partial charge on any atom is 0.164 e. The molecule has 0 saturated heterocycles. The Balaban J connectivity index is 0.00000256. The van der Waals surface area contributed by atoms with E-state index in [9.17, 15) is 0 Å². The molecule has 0 spiro atoms. The van der Waals surface area contributed by atoms with E-state index in [-0.39, 0.29) is 36.9 Å². The van der Waals surface area contributed by atoms with Crippen LogP contribution in [-0.4, -0.2) is 39.9 Å². The molecule has 9 heteroatoms. The quantitative estimate of drug-likeness (QED) is 0.181. The second kappa shape index (κ2) is 9.26. The summed E-state index contributed by atoms with van der Waals surface area (Å²) in [6.45, 7) is 0. The Morgan fingerprint density at radius 2 is 0.561 bits per heavy atom. The first-order chi connectivity index (χ1) is 19.8. The van der Waals surface area contributed by atoms with E-state index in [2.05, 4.69) is 9.97 Å². The van der Waals surface area contributed by atoms with Crippen LogP contribution in [0.15, 0.2) is 97.1 Å². The zero-order chi connectivity index (χ0) is 26.2. The molecule has 0 unspecified atom stereocenters. The van der Waals surface area contributed by atoms with Crippen LogP contribution in [0.3, 0.4) is 0 Å². The molecule has 0 aliphatic carbocycles. The zero-order valence-electron chi connectivity index (χ0n) is 21.2. The summed E-state index contributed by atoms with van der Waals surface area (Å²) in [5.74, 6) is 2.39. The Hall–Kier alpha value is -4.53. The minimum Gasteiger partial charge on any atom is -0.324 e. The first-order valence-electron chi connectivity index (χ1n) is 13.0. The Bertz CT molecular complexity index is 2030. The van der Waals surface area contributed by atoms with Crippen LogP contribution in [0.4, 0.5) is 0 Å². The molecule has 5 heterocycles. The number of rotatable bonds is 0. The number of fused-ring (bicyclic) bond motifs is 20. The minimum atomic E-state index is 0. The van der Waals surface area contributed by atoms with E-state index in [1.54, 1.807) is 0 Å². The molecule has 1 radical (unpaired) electrons. The molecule has 7 aromatic rings. The molecule has 8 nitrogen and oxygen atoms in total. The topological polar surface area (TPSA) is 109 Å². The van der Waals surface area contributed by atoms with E-state index in [1.165, 1.54) is 0 Å². The molecule has 0 fully saturated rings. The fraction of sp³-hybridized carbons (Fsp3) is 0. The van der Waals surface area contributed by atoms with E-state index in [1.807, 2.05) is 97.1 Å². The van der Waals surface area contributed by atoms with Crippen molar-refractivity contribution in [3.8, 4) is 45.6 Å². The summed E-state index contributed by atoms with van der Waals surface area (Å²) < 4.78 is 0. The van der Waals surface area contributed by atoms with Crippen molar-refractivity contribution in [2.75, 3.05) is 0 Å². The van der Waals surface area contributed by atoms with Crippen molar-refractivity contribution in [3.63, 3.8) is 0 Å². The molecule has 2 aliphatic rings. The first-order valence-corrected chi connectivity index (χ1v) is 13.0. The molecular weight excluding hydrogens is 665 g/mol. The van der Waals surface area contributed by atoms with Gasteiger partial charge in [0.05, 0.1) is 0 Å². The van der Waals surface area contributed by atoms with Crippen molar-refractivity contribution in [1.82, 2.24) is 39.9 Å². The van der Waals surface area contributed by atoms with Crippen LogP contribution in [0, 0.1) is 36.9 Å². The second-order valence-electron chi connectivity index (χ2n) is 9.79. The molecule has 0 saturated carbocycles. The minimum absolute atomic E-state index is 0. The summed E-state index contributed by atoms with van der Waals surface area (Å²) in [4.78, 5) is 36.8. The van der Waals surface area contributed by atoms with Crippen molar-refractivity contribution in [3.05, 3.63) is 97.1 Å². The molecule has 2 aliphatic heterocycles. The zero-order valence-corrected chi connectivity index (χ0v) is 23.0. The van der Waals surface area contributed by atoms with E-state index in [0.717, 1.165) is 43.8 Å². The van der Waals surface area contributed by atoms with Crippen molar-refractivity contribution >= 4 is 44.1 Å².